The van der Waals surface area contributed by atoms with Gasteiger partial charge >= 0.3 is 0 Å². The van der Waals surface area contributed by atoms with Crippen molar-refractivity contribution in [1.82, 2.24) is 0 Å². The van der Waals surface area contributed by atoms with Crippen LogP contribution < -0.4 is 0 Å². The summed E-state index contributed by atoms with van der Waals surface area (Å²) in [4.78, 5) is 0. The van der Waals surface area contributed by atoms with Gasteiger partial charge in [-0.25, -0.2) is 0 Å². The molecule has 3 rings (SSSR count). The van der Waals surface area contributed by atoms with Crippen LogP contribution in [0.15, 0.2) is 48.5 Å². The monoisotopic (exact) mass is 350 g/mol. The molecule has 140 valence electrons. The normalized spacial score (nSPS) is 19.3. The molecule has 0 amide bonds. The topological polar surface area (TPSA) is 20.2 Å². The quantitative estimate of drug-likeness (QED) is 0.603. The highest BCUT2D eigenvalue weighted by Gasteiger charge is 2.33. The van der Waals surface area contributed by atoms with Crippen LogP contribution in [0, 0.1) is 6.92 Å². The smallest absolute Gasteiger partial charge is 0.115 e. The largest absolute Gasteiger partial charge is 0.508 e. The predicted molar refractivity (Wildman–Crippen MR) is 111 cm³/mol. The van der Waals surface area contributed by atoms with E-state index in [1.807, 2.05) is 12.1 Å². The number of phenolic OH excluding ortho intramolecular Hbond substituents is 1. The zero-order valence-corrected chi connectivity index (χ0v) is 16.3. The summed E-state index contributed by atoms with van der Waals surface area (Å²) in [6.07, 6.45) is 14.6. The lowest BCUT2D eigenvalue weighted by Crippen LogP contribution is -2.28. The van der Waals surface area contributed by atoms with Crippen LogP contribution in [0.5, 0.6) is 5.75 Å². The molecule has 0 atom stereocenters. The van der Waals surface area contributed by atoms with Gasteiger partial charge in [-0.1, -0.05) is 99.7 Å². The molecule has 1 aliphatic rings. The third-order valence-corrected chi connectivity index (χ3v) is 6.23. The first kappa shape index (κ1) is 19.0. The Morgan fingerprint density at radius 3 is 1.42 bits per heavy atom. The van der Waals surface area contributed by atoms with Crippen LogP contribution in [0.25, 0.3) is 0 Å². The first-order valence-corrected chi connectivity index (χ1v) is 10.6. The first-order valence-electron chi connectivity index (χ1n) is 10.6. The van der Waals surface area contributed by atoms with Gasteiger partial charge in [0, 0.05) is 5.41 Å². The maximum Gasteiger partial charge on any atom is 0.115 e. The molecule has 26 heavy (non-hydrogen) atoms. The number of rotatable bonds is 2. The molecule has 0 spiro atoms. The van der Waals surface area contributed by atoms with E-state index in [1.54, 1.807) is 0 Å². The molecule has 0 saturated heterocycles. The molecule has 0 radical (unpaired) electrons. The van der Waals surface area contributed by atoms with E-state index in [1.165, 1.54) is 87.3 Å². The van der Waals surface area contributed by atoms with E-state index < -0.39 is 0 Å². The summed E-state index contributed by atoms with van der Waals surface area (Å²) in [6.45, 7) is 2.16. The fraction of sp³-hybridized carbons (Fsp3) is 0.520. The van der Waals surface area contributed by atoms with Crippen molar-refractivity contribution in [1.29, 1.82) is 0 Å². The molecule has 1 saturated carbocycles. The third kappa shape index (κ3) is 4.69. The van der Waals surface area contributed by atoms with Crippen LogP contribution in [0.2, 0.25) is 0 Å². The highest BCUT2D eigenvalue weighted by atomic mass is 16.3. The predicted octanol–water partition coefficient (Wildman–Crippen LogP) is 7.29. The van der Waals surface area contributed by atoms with Crippen molar-refractivity contribution >= 4 is 0 Å². The fourth-order valence-corrected chi connectivity index (χ4v) is 4.61. The Morgan fingerprint density at radius 1 is 0.577 bits per heavy atom. The lowest BCUT2D eigenvalue weighted by Gasteiger charge is -2.36. The van der Waals surface area contributed by atoms with Crippen LogP contribution in [-0.4, -0.2) is 5.11 Å². The van der Waals surface area contributed by atoms with E-state index in [2.05, 4.69) is 43.3 Å². The zero-order valence-electron chi connectivity index (χ0n) is 16.3. The maximum atomic E-state index is 9.80. The molecule has 1 heteroatoms. The van der Waals surface area contributed by atoms with E-state index in [0.29, 0.717) is 5.75 Å². The second-order valence-corrected chi connectivity index (χ2v) is 8.18. The number of benzene rings is 2. The number of hydrogen-bond donors (Lipinski definition) is 1. The molecule has 1 aliphatic carbocycles. The SMILES string of the molecule is Cc1ccc(C2(c3ccc(O)cc3)CCCCCCCCCCC2)cc1. The Morgan fingerprint density at radius 2 is 0.962 bits per heavy atom. The van der Waals surface area contributed by atoms with E-state index in [-0.39, 0.29) is 5.41 Å². The van der Waals surface area contributed by atoms with Crippen LogP contribution in [0.4, 0.5) is 0 Å². The number of phenols is 1. The van der Waals surface area contributed by atoms with Crippen LogP contribution >= 0.6 is 0 Å². The second kappa shape index (κ2) is 9.26. The van der Waals surface area contributed by atoms with Gasteiger partial charge in [0.15, 0.2) is 0 Å². The summed E-state index contributed by atoms with van der Waals surface area (Å²) in [5.41, 5.74) is 4.23. The Bertz CT molecular complexity index is 594. The van der Waals surface area contributed by atoms with Gasteiger partial charge in [-0.15, -0.1) is 0 Å². The van der Waals surface area contributed by atoms with Crippen LogP contribution in [-0.2, 0) is 5.41 Å². The molecular weight excluding hydrogens is 316 g/mol. The second-order valence-electron chi connectivity index (χ2n) is 8.18. The van der Waals surface area contributed by atoms with Gasteiger partial charge < -0.3 is 5.11 Å². The number of aromatic hydroxyl groups is 1. The summed E-state index contributed by atoms with van der Waals surface area (Å²) in [5.74, 6) is 0.362. The number of aryl methyl sites for hydroxylation is 1. The summed E-state index contributed by atoms with van der Waals surface area (Å²) >= 11 is 0. The summed E-state index contributed by atoms with van der Waals surface area (Å²) in [7, 11) is 0. The molecule has 2 aromatic rings. The van der Waals surface area contributed by atoms with Crippen molar-refractivity contribution in [2.45, 2.75) is 83.0 Å². The molecule has 0 aliphatic heterocycles. The van der Waals surface area contributed by atoms with Crippen LogP contribution in [0.3, 0.4) is 0 Å². The molecule has 0 bridgehead atoms. The third-order valence-electron chi connectivity index (χ3n) is 6.23. The van der Waals surface area contributed by atoms with Crippen molar-refractivity contribution in [2.75, 3.05) is 0 Å². The van der Waals surface area contributed by atoms with Gasteiger partial charge in [-0.3, -0.25) is 0 Å². The van der Waals surface area contributed by atoms with Gasteiger partial charge in [0.05, 0.1) is 0 Å². The molecule has 2 aromatic carbocycles. The number of hydrogen-bond acceptors (Lipinski definition) is 1. The minimum absolute atomic E-state index is 0.0839. The highest BCUT2D eigenvalue weighted by molar-refractivity contribution is 5.42. The molecule has 1 fully saturated rings. The minimum atomic E-state index is 0.0839. The Labute approximate surface area is 159 Å². The average molecular weight is 351 g/mol. The van der Waals surface area contributed by atoms with Crippen molar-refractivity contribution in [3.8, 4) is 5.75 Å². The fourth-order valence-electron chi connectivity index (χ4n) is 4.61. The van der Waals surface area contributed by atoms with E-state index >= 15 is 0 Å². The lowest BCUT2D eigenvalue weighted by molar-refractivity contribution is 0.382. The standard InChI is InChI=1S/C25H34O/c1-21-11-13-22(14-12-21)25(23-15-17-24(26)18-16-23)19-9-7-5-3-2-4-6-8-10-20-25/h11-18,26H,2-10,19-20H2,1H3. The molecule has 0 unspecified atom stereocenters. The Kier molecular flexibility index (Phi) is 6.77. The van der Waals surface area contributed by atoms with Gasteiger partial charge in [-0.05, 0) is 43.0 Å². The Balaban J connectivity index is 1.97. The minimum Gasteiger partial charge on any atom is -0.508 e. The van der Waals surface area contributed by atoms with Gasteiger partial charge in [0.1, 0.15) is 5.75 Å². The summed E-state index contributed by atoms with van der Waals surface area (Å²) < 4.78 is 0. The molecule has 1 nitrogen and oxygen atoms in total. The van der Waals surface area contributed by atoms with Crippen molar-refractivity contribution in [3.05, 3.63) is 65.2 Å². The summed E-state index contributed by atoms with van der Waals surface area (Å²) in [5, 5.41) is 9.80. The molecule has 1 N–H and O–H groups in total. The van der Waals surface area contributed by atoms with E-state index in [0.717, 1.165) is 0 Å². The van der Waals surface area contributed by atoms with Crippen molar-refractivity contribution < 1.29 is 5.11 Å². The average Bonchev–Trinajstić information content (AvgIpc) is 2.64. The van der Waals surface area contributed by atoms with Crippen molar-refractivity contribution in [2.24, 2.45) is 0 Å². The van der Waals surface area contributed by atoms with E-state index in [9.17, 15) is 5.11 Å². The molecule has 0 aromatic heterocycles. The molecular formula is C25H34O. The highest BCUT2D eigenvalue weighted by Crippen LogP contribution is 2.43. The van der Waals surface area contributed by atoms with Gasteiger partial charge in [0.2, 0.25) is 0 Å². The lowest BCUT2D eigenvalue weighted by atomic mass is 9.67. The molecule has 0 heterocycles. The zero-order chi connectivity index (χ0) is 18.2. The van der Waals surface area contributed by atoms with Crippen LogP contribution in [0.1, 0.15) is 87.3 Å². The van der Waals surface area contributed by atoms with Crippen molar-refractivity contribution in [3.63, 3.8) is 0 Å². The maximum absolute atomic E-state index is 9.80. The Hall–Kier alpha value is -1.76. The summed E-state index contributed by atoms with van der Waals surface area (Å²) in [6, 6.07) is 17.2. The van der Waals surface area contributed by atoms with Gasteiger partial charge in [-0.2, -0.15) is 0 Å². The first-order chi connectivity index (χ1) is 12.7. The van der Waals surface area contributed by atoms with Gasteiger partial charge in [0.25, 0.3) is 0 Å². The van der Waals surface area contributed by atoms with E-state index in [4.69, 9.17) is 0 Å².